The summed E-state index contributed by atoms with van der Waals surface area (Å²) in [6.45, 7) is 4.43. The van der Waals surface area contributed by atoms with E-state index < -0.39 is 0 Å². The molecule has 6 nitrogen and oxygen atoms in total. The minimum absolute atomic E-state index is 0.0140. The van der Waals surface area contributed by atoms with Crippen molar-refractivity contribution in [3.63, 3.8) is 0 Å². The van der Waals surface area contributed by atoms with Crippen LogP contribution in [0.4, 0.5) is 5.69 Å². The second-order valence-electron chi connectivity index (χ2n) is 10.5. The molecule has 1 aromatic heterocycles. The molecular weight excluding hydrogens is 486 g/mol. The van der Waals surface area contributed by atoms with Gasteiger partial charge in [-0.1, -0.05) is 55.5 Å². The summed E-state index contributed by atoms with van der Waals surface area (Å²) < 4.78 is 1.60. The molecule has 1 aliphatic rings. The van der Waals surface area contributed by atoms with Gasteiger partial charge < -0.3 is 4.90 Å². The van der Waals surface area contributed by atoms with E-state index in [1.54, 1.807) is 48.4 Å². The maximum atomic E-state index is 13.0. The van der Waals surface area contributed by atoms with Crippen LogP contribution in [-0.2, 0) is 19.9 Å². The molecule has 0 atom stereocenters. The van der Waals surface area contributed by atoms with Crippen LogP contribution < -0.4 is 4.90 Å². The zero-order valence-electron chi connectivity index (χ0n) is 22.5. The molecule has 4 aromatic rings. The monoisotopic (exact) mass is 519 g/mol. The van der Waals surface area contributed by atoms with Crippen molar-refractivity contribution < 1.29 is 14.4 Å². The quantitative estimate of drug-likeness (QED) is 0.264. The number of hydrogen-bond acceptors (Lipinski definition) is 5. The standard InChI is InChI=1S/C33H33N3O3/c1-23-15-17-36(18-16-23)30-13-11-26(12-14-30)31(37)19-24-3-7-27(8-4-24)33(39)28-9-5-25(6-10-28)20-32(38)29-21-34-35(2)22-29/h3-14,21-23H,15-20H2,1-2H3. The summed E-state index contributed by atoms with van der Waals surface area (Å²) in [5, 5.41) is 4.04. The molecule has 0 saturated carbocycles. The fourth-order valence-electron chi connectivity index (χ4n) is 4.98. The van der Waals surface area contributed by atoms with Crippen molar-refractivity contribution >= 4 is 23.0 Å². The molecule has 2 heterocycles. The van der Waals surface area contributed by atoms with E-state index in [1.165, 1.54) is 18.5 Å². The summed E-state index contributed by atoms with van der Waals surface area (Å²) in [6, 6.07) is 22.3. The lowest BCUT2D eigenvalue weighted by Crippen LogP contribution is -2.32. The van der Waals surface area contributed by atoms with Crippen LogP contribution in [0.15, 0.2) is 85.2 Å². The van der Waals surface area contributed by atoms with Gasteiger partial charge in [0.05, 0.1) is 11.8 Å². The number of Topliss-reactive ketones (excluding diaryl/α,β-unsaturated/α-hetero) is 2. The molecule has 6 heteroatoms. The Labute approximate surface area is 229 Å². The molecule has 198 valence electrons. The minimum Gasteiger partial charge on any atom is -0.372 e. The largest absolute Gasteiger partial charge is 0.372 e. The summed E-state index contributed by atoms with van der Waals surface area (Å²) in [5.41, 5.74) is 5.27. The van der Waals surface area contributed by atoms with Crippen molar-refractivity contribution in [1.82, 2.24) is 9.78 Å². The SMILES string of the molecule is CC1CCN(c2ccc(C(=O)Cc3ccc(C(=O)c4ccc(CC(=O)c5cnn(C)c5)cc4)cc3)cc2)CC1. The van der Waals surface area contributed by atoms with Crippen molar-refractivity contribution in [3.05, 3.63) is 119 Å². The topological polar surface area (TPSA) is 72.3 Å². The van der Waals surface area contributed by atoms with E-state index in [2.05, 4.69) is 16.9 Å². The second-order valence-corrected chi connectivity index (χ2v) is 10.5. The maximum Gasteiger partial charge on any atom is 0.193 e. The van der Waals surface area contributed by atoms with E-state index in [4.69, 9.17) is 0 Å². The molecular formula is C33H33N3O3. The van der Waals surface area contributed by atoms with Crippen LogP contribution in [-0.4, -0.2) is 40.2 Å². The molecule has 0 radical (unpaired) electrons. The van der Waals surface area contributed by atoms with Crippen LogP contribution in [0.2, 0.25) is 0 Å². The number of nitrogens with zero attached hydrogens (tertiary/aromatic N) is 3. The first kappa shape index (κ1) is 26.3. The van der Waals surface area contributed by atoms with Gasteiger partial charge in [-0.05, 0) is 54.2 Å². The van der Waals surface area contributed by atoms with E-state index in [-0.39, 0.29) is 30.2 Å². The predicted molar refractivity (Wildman–Crippen MR) is 153 cm³/mol. The first-order valence-electron chi connectivity index (χ1n) is 13.5. The number of carbonyl (C=O) groups excluding carboxylic acids is 3. The molecule has 1 saturated heterocycles. The molecule has 5 rings (SSSR count). The Morgan fingerprint density at radius 1 is 0.718 bits per heavy atom. The van der Waals surface area contributed by atoms with Crippen LogP contribution in [0, 0.1) is 5.92 Å². The summed E-state index contributed by atoms with van der Waals surface area (Å²) >= 11 is 0. The summed E-state index contributed by atoms with van der Waals surface area (Å²) in [6.07, 6.45) is 6.21. The predicted octanol–water partition coefficient (Wildman–Crippen LogP) is 5.74. The van der Waals surface area contributed by atoms with Crippen LogP contribution >= 0.6 is 0 Å². The number of piperidine rings is 1. The highest BCUT2D eigenvalue weighted by atomic mass is 16.1. The first-order valence-corrected chi connectivity index (χ1v) is 13.5. The third-order valence-electron chi connectivity index (χ3n) is 7.53. The first-order chi connectivity index (χ1) is 18.9. The lowest BCUT2D eigenvalue weighted by atomic mass is 9.97. The van der Waals surface area contributed by atoms with Crippen LogP contribution in [0.25, 0.3) is 0 Å². The van der Waals surface area contributed by atoms with Crippen molar-refractivity contribution in [2.75, 3.05) is 18.0 Å². The molecule has 0 unspecified atom stereocenters. The highest BCUT2D eigenvalue weighted by Gasteiger charge is 2.17. The molecule has 0 spiro atoms. The summed E-state index contributed by atoms with van der Waals surface area (Å²) in [5.74, 6) is 0.731. The molecule has 0 bridgehead atoms. The summed E-state index contributed by atoms with van der Waals surface area (Å²) in [7, 11) is 1.77. The van der Waals surface area contributed by atoms with Crippen LogP contribution in [0.3, 0.4) is 0 Å². The molecule has 0 aliphatic carbocycles. The minimum atomic E-state index is -0.0966. The Morgan fingerprint density at radius 2 is 1.21 bits per heavy atom. The Kier molecular flexibility index (Phi) is 7.82. The van der Waals surface area contributed by atoms with Gasteiger partial charge in [-0.25, -0.2) is 0 Å². The Balaban J connectivity index is 1.16. The van der Waals surface area contributed by atoms with E-state index in [9.17, 15) is 14.4 Å². The number of ketones is 3. The van der Waals surface area contributed by atoms with Gasteiger partial charge in [-0.2, -0.15) is 5.10 Å². The number of hydrogen-bond donors (Lipinski definition) is 0. The van der Waals surface area contributed by atoms with E-state index in [1.807, 2.05) is 48.5 Å². The number of aryl methyl sites for hydroxylation is 1. The number of carbonyl (C=O) groups is 3. The average Bonchev–Trinajstić information content (AvgIpc) is 3.40. The zero-order valence-corrected chi connectivity index (χ0v) is 22.5. The van der Waals surface area contributed by atoms with Gasteiger partial charge in [0.1, 0.15) is 0 Å². The third-order valence-corrected chi connectivity index (χ3v) is 7.53. The van der Waals surface area contributed by atoms with E-state index >= 15 is 0 Å². The fraction of sp³-hybridized carbons (Fsp3) is 0.273. The maximum absolute atomic E-state index is 13.0. The van der Waals surface area contributed by atoms with E-state index in [0.717, 1.165) is 30.1 Å². The Bertz CT molecular complexity index is 1460. The number of benzene rings is 3. The smallest absolute Gasteiger partial charge is 0.193 e. The lowest BCUT2D eigenvalue weighted by molar-refractivity contribution is 0.0984. The van der Waals surface area contributed by atoms with Crippen LogP contribution in [0.5, 0.6) is 0 Å². The molecule has 1 fully saturated rings. The molecule has 0 N–H and O–H groups in total. The fourth-order valence-corrected chi connectivity index (χ4v) is 4.98. The Hall–Kier alpha value is -4.32. The number of rotatable bonds is 9. The van der Waals surface area contributed by atoms with Crippen molar-refractivity contribution in [3.8, 4) is 0 Å². The molecule has 3 aromatic carbocycles. The van der Waals surface area contributed by atoms with Crippen molar-refractivity contribution in [1.29, 1.82) is 0 Å². The average molecular weight is 520 g/mol. The van der Waals surface area contributed by atoms with Gasteiger partial charge in [-0.15, -0.1) is 0 Å². The van der Waals surface area contributed by atoms with Gasteiger partial charge in [-0.3, -0.25) is 19.1 Å². The normalized spacial score (nSPS) is 13.8. The number of anilines is 1. The van der Waals surface area contributed by atoms with Gasteiger partial charge in [0.25, 0.3) is 0 Å². The Morgan fingerprint density at radius 3 is 1.69 bits per heavy atom. The van der Waals surface area contributed by atoms with Crippen LogP contribution in [0.1, 0.15) is 67.5 Å². The van der Waals surface area contributed by atoms with Gasteiger partial charge in [0.15, 0.2) is 17.3 Å². The van der Waals surface area contributed by atoms with Crippen molar-refractivity contribution in [2.24, 2.45) is 13.0 Å². The highest BCUT2D eigenvalue weighted by molar-refractivity contribution is 6.09. The molecule has 39 heavy (non-hydrogen) atoms. The second kappa shape index (κ2) is 11.6. The third kappa shape index (κ3) is 6.40. The zero-order chi connectivity index (χ0) is 27.4. The van der Waals surface area contributed by atoms with Gasteiger partial charge >= 0.3 is 0 Å². The molecule has 1 aliphatic heterocycles. The number of aromatic nitrogens is 2. The van der Waals surface area contributed by atoms with E-state index in [0.29, 0.717) is 22.3 Å². The summed E-state index contributed by atoms with van der Waals surface area (Å²) in [4.78, 5) is 40.7. The van der Waals surface area contributed by atoms with Crippen molar-refractivity contribution in [2.45, 2.75) is 32.6 Å². The van der Waals surface area contributed by atoms with Gasteiger partial charge in [0, 0.05) is 61.6 Å². The lowest BCUT2D eigenvalue weighted by Gasteiger charge is -2.32. The van der Waals surface area contributed by atoms with Gasteiger partial charge in [0.2, 0.25) is 0 Å². The molecule has 0 amide bonds. The highest BCUT2D eigenvalue weighted by Crippen LogP contribution is 2.24.